The summed E-state index contributed by atoms with van der Waals surface area (Å²) < 4.78 is 0. The van der Waals surface area contributed by atoms with Gasteiger partial charge >= 0.3 is 0 Å². The Kier molecular flexibility index (Phi) is 3.20. The molecule has 0 saturated carbocycles. The molecule has 0 aliphatic carbocycles. The maximum atomic E-state index is 4.69. The maximum Gasteiger partial charge on any atom is 0.193 e. The molecule has 1 N–H and O–H groups in total. The lowest BCUT2D eigenvalue weighted by molar-refractivity contribution is -0.160. The summed E-state index contributed by atoms with van der Waals surface area (Å²) in [7, 11) is 0. The van der Waals surface area contributed by atoms with Crippen LogP contribution in [0, 0.1) is 0 Å². The average molecular weight is 201 g/mol. The fraction of sp³-hybridized carbons (Fsp3) is 0. The second kappa shape index (κ2) is 5.02. The van der Waals surface area contributed by atoms with Crippen molar-refractivity contribution in [1.29, 1.82) is 0 Å². The molecule has 3 rings (SSSR count). The van der Waals surface area contributed by atoms with Gasteiger partial charge in [0.25, 0.3) is 0 Å². The zero-order chi connectivity index (χ0) is 10.3. The van der Waals surface area contributed by atoms with Crippen molar-refractivity contribution in [2.24, 2.45) is 0 Å². The van der Waals surface area contributed by atoms with E-state index < -0.39 is 0 Å². The van der Waals surface area contributed by atoms with Crippen molar-refractivity contribution >= 4 is 5.69 Å². The summed E-state index contributed by atoms with van der Waals surface area (Å²) in [5.74, 6) is 0.734. The van der Waals surface area contributed by atoms with Gasteiger partial charge in [-0.3, -0.25) is 0 Å². The minimum atomic E-state index is 0.734. The first-order valence-corrected chi connectivity index (χ1v) is 4.65. The zero-order valence-corrected chi connectivity index (χ0v) is 8.09. The molecule has 3 nitrogen and oxygen atoms in total. The van der Waals surface area contributed by atoms with Crippen LogP contribution in [-0.4, -0.2) is 0 Å². The summed E-state index contributed by atoms with van der Waals surface area (Å²) in [5, 5.41) is 0. The van der Waals surface area contributed by atoms with Crippen LogP contribution in [0.2, 0.25) is 0 Å². The molecule has 3 heteroatoms. The highest BCUT2D eigenvalue weighted by Gasteiger charge is 2.09. The predicted molar refractivity (Wildman–Crippen MR) is 58.2 cm³/mol. The maximum absolute atomic E-state index is 4.69. The van der Waals surface area contributed by atoms with Crippen molar-refractivity contribution in [1.82, 2.24) is 0 Å². The first kappa shape index (κ1) is 9.55. The first-order valence-electron chi connectivity index (χ1n) is 4.65. The molecule has 0 aromatic heterocycles. The second-order valence-electron chi connectivity index (χ2n) is 2.92. The Morgan fingerprint density at radius 2 is 1.33 bits per heavy atom. The highest BCUT2D eigenvalue weighted by molar-refractivity contribution is 5.55. The number of para-hydroxylation sites is 2. The second-order valence-corrected chi connectivity index (χ2v) is 2.92. The molecule has 0 bridgehead atoms. The van der Waals surface area contributed by atoms with Gasteiger partial charge in [0.2, 0.25) is 0 Å². The lowest BCUT2D eigenvalue weighted by Crippen LogP contribution is -1.91. The Labute approximate surface area is 88.1 Å². The first-order chi connectivity index (χ1) is 7.47. The summed E-state index contributed by atoms with van der Waals surface area (Å²) in [6.45, 7) is 0. The summed E-state index contributed by atoms with van der Waals surface area (Å²) in [6.07, 6.45) is 0. The van der Waals surface area contributed by atoms with Gasteiger partial charge in [0.15, 0.2) is 5.75 Å². The lowest BCUT2D eigenvalue weighted by Gasteiger charge is -1.86. The molecule has 1 heterocycles. The molecule has 1 aliphatic rings. The number of hydrogen-bond acceptors (Lipinski definition) is 3. The largest absolute Gasteiger partial charge is 0.312 e. The van der Waals surface area contributed by atoms with E-state index in [9.17, 15) is 0 Å². The third-order valence-corrected chi connectivity index (χ3v) is 1.84. The number of anilines is 1. The molecule has 2 aromatic rings. The molecule has 0 fully saturated rings. The van der Waals surface area contributed by atoms with Gasteiger partial charge in [0.05, 0.1) is 0 Å². The van der Waals surface area contributed by atoms with Crippen LogP contribution in [0.15, 0.2) is 60.7 Å². The van der Waals surface area contributed by atoms with Crippen molar-refractivity contribution in [3.8, 4) is 5.75 Å². The van der Waals surface area contributed by atoms with E-state index in [2.05, 4.69) is 15.4 Å². The van der Waals surface area contributed by atoms with Crippen LogP contribution >= 0.6 is 0 Å². The fourth-order valence-electron chi connectivity index (χ4n) is 1.12. The van der Waals surface area contributed by atoms with Crippen LogP contribution < -0.4 is 10.4 Å². The van der Waals surface area contributed by atoms with Crippen molar-refractivity contribution in [3.63, 3.8) is 0 Å². The number of nitrogens with one attached hydrogen (secondary N) is 1. The van der Waals surface area contributed by atoms with Gasteiger partial charge in [-0.25, -0.2) is 5.48 Å². The molecule has 2 aromatic carbocycles. The van der Waals surface area contributed by atoms with Crippen LogP contribution in [0.4, 0.5) is 5.69 Å². The Hall–Kier alpha value is -2.00. The van der Waals surface area contributed by atoms with Gasteiger partial charge in [-0.2, -0.15) is 0 Å². The minimum absolute atomic E-state index is 0.734. The molecule has 0 saturated heterocycles. The van der Waals surface area contributed by atoms with E-state index in [4.69, 9.17) is 0 Å². The number of rotatable bonds is 0. The third kappa shape index (κ3) is 2.72. The molecule has 1 aliphatic heterocycles. The molecule has 0 radical (unpaired) electrons. The molecule has 0 amide bonds. The highest BCUT2D eigenvalue weighted by Crippen LogP contribution is 2.27. The molecule has 0 unspecified atom stereocenters. The van der Waals surface area contributed by atoms with Crippen molar-refractivity contribution in [2.75, 3.05) is 5.48 Å². The molecule has 15 heavy (non-hydrogen) atoms. The minimum Gasteiger partial charge on any atom is -0.312 e. The van der Waals surface area contributed by atoms with Gasteiger partial charge in [0.1, 0.15) is 5.69 Å². The summed E-state index contributed by atoms with van der Waals surface area (Å²) >= 11 is 0. The van der Waals surface area contributed by atoms with Crippen LogP contribution in [0.1, 0.15) is 0 Å². The average Bonchev–Trinajstić information content (AvgIpc) is 2.80. The van der Waals surface area contributed by atoms with Crippen LogP contribution in [0.5, 0.6) is 5.75 Å². The van der Waals surface area contributed by atoms with Gasteiger partial charge < -0.3 is 4.89 Å². The van der Waals surface area contributed by atoms with Crippen LogP contribution in [0.3, 0.4) is 0 Å². The van der Waals surface area contributed by atoms with Crippen molar-refractivity contribution in [2.45, 2.75) is 0 Å². The standard InChI is InChI=1S/C6H5NO2.C6H6/c1-2-4-6-5(3-1)7-9-8-6;1-2-4-6-5-3-1/h1-4,7H;1-6H. The van der Waals surface area contributed by atoms with E-state index in [0.29, 0.717) is 0 Å². The van der Waals surface area contributed by atoms with Gasteiger partial charge in [-0.1, -0.05) is 53.5 Å². The van der Waals surface area contributed by atoms with Crippen molar-refractivity contribution in [3.05, 3.63) is 60.7 Å². The number of fused-ring (bicyclic) bond motifs is 1. The summed E-state index contributed by atoms with van der Waals surface area (Å²) in [6, 6.07) is 19.5. The summed E-state index contributed by atoms with van der Waals surface area (Å²) in [5.41, 5.74) is 3.45. The van der Waals surface area contributed by atoms with E-state index in [-0.39, 0.29) is 0 Å². The van der Waals surface area contributed by atoms with Crippen molar-refractivity contribution < 1.29 is 9.88 Å². The Bertz CT molecular complexity index is 354. The van der Waals surface area contributed by atoms with E-state index in [1.54, 1.807) is 0 Å². The highest BCUT2D eigenvalue weighted by atomic mass is 17.3. The third-order valence-electron chi connectivity index (χ3n) is 1.84. The molecule has 76 valence electrons. The number of benzene rings is 2. The quantitative estimate of drug-likeness (QED) is 0.664. The number of hydrogen-bond donors (Lipinski definition) is 1. The molecular weight excluding hydrogens is 190 g/mol. The van der Waals surface area contributed by atoms with Crippen LogP contribution in [-0.2, 0) is 4.99 Å². The predicted octanol–water partition coefficient (Wildman–Crippen LogP) is 3.02. The SMILES string of the molecule is c1ccc2c(c1)NOO2.c1ccccc1. The molecular formula is C12H11NO2. The van der Waals surface area contributed by atoms with Gasteiger partial charge in [-0.05, 0) is 12.1 Å². The van der Waals surface area contributed by atoms with E-state index in [1.807, 2.05) is 60.7 Å². The zero-order valence-electron chi connectivity index (χ0n) is 8.09. The Balaban J connectivity index is 0.000000124. The van der Waals surface area contributed by atoms with E-state index in [0.717, 1.165) is 11.4 Å². The Morgan fingerprint density at radius 1 is 0.733 bits per heavy atom. The molecule has 0 atom stereocenters. The normalized spacial score (nSPS) is 11.5. The topological polar surface area (TPSA) is 30.5 Å². The van der Waals surface area contributed by atoms with Gasteiger partial charge in [0, 0.05) is 0 Å². The monoisotopic (exact) mass is 201 g/mol. The summed E-state index contributed by atoms with van der Waals surface area (Å²) in [4.78, 5) is 9.15. The van der Waals surface area contributed by atoms with Gasteiger partial charge in [-0.15, -0.1) is 0 Å². The fourth-order valence-corrected chi connectivity index (χ4v) is 1.12. The molecule has 0 spiro atoms. The lowest BCUT2D eigenvalue weighted by atomic mass is 10.3. The van der Waals surface area contributed by atoms with E-state index in [1.165, 1.54) is 0 Å². The van der Waals surface area contributed by atoms with E-state index >= 15 is 0 Å². The Morgan fingerprint density at radius 3 is 1.93 bits per heavy atom. The van der Waals surface area contributed by atoms with Crippen LogP contribution in [0.25, 0.3) is 0 Å². The smallest absolute Gasteiger partial charge is 0.193 e.